The Labute approximate surface area is 177 Å². The summed E-state index contributed by atoms with van der Waals surface area (Å²) >= 11 is 6.06. The predicted octanol–water partition coefficient (Wildman–Crippen LogP) is 5.68. The summed E-state index contributed by atoms with van der Waals surface area (Å²) in [4.78, 5) is 26.1. The number of para-hydroxylation sites is 1. The zero-order chi connectivity index (χ0) is 21.3. The quantitative estimate of drug-likeness (QED) is 0.462. The van der Waals surface area contributed by atoms with Crippen LogP contribution in [-0.2, 0) is 0 Å². The number of nitrogens with one attached hydrogen (secondary N) is 1. The molecule has 0 radical (unpaired) electrons. The average molecular weight is 420 g/mol. The molecule has 150 valence electrons. The number of halogens is 1. The summed E-state index contributed by atoms with van der Waals surface area (Å²) in [6, 6.07) is 19.2. The van der Waals surface area contributed by atoms with Crippen LogP contribution in [0.2, 0.25) is 5.02 Å². The van der Waals surface area contributed by atoms with E-state index in [0.717, 1.165) is 5.56 Å². The summed E-state index contributed by atoms with van der Waals surface area (Å²) in [6.45, 7) is 1.72. The Hall–Kier alpha value is -3.57. The highest BCUT2D eigenvalue weighted by Gasteiger charge is 2.19. The molecule has 1 heterocycles. The van der Waals surface area contributed by atoms with Crippen LogP contribution in [0.5, 0.6) is 5.75 Å². The molecule has 30 heavy (non-hydrogen) atoms. The second kappa shape index (κ2) is 8.05. The molecule has 5 nitrogen and oxygen atoms in total. The molecular weight excluding hydrogens is 402 g/mol. The SMILES string of the molecule is COc1ccc(Cl)cc1NC(=O)c1cccc2c(=O)c(C)c(-c3ccccc3)oc12. The van der Waals surface area contributed by atoms with E-state index in [1.54, 1.807) is 43.3 Å². The van der Waals surface area contributed by atoms with Crippen LogP contribution in [0, 0.1) is 6.92 Å². The summed E-state index contributed by atoms with van der Waals surface area (Å²) < 4.78 is 11.4. The molecule has 1 amide bonds. The standard InChI is InChI=1S/C24H18ClNO4/c1-14-21(27)17-9-6-10-18(23(17)30-22(14)15-7-4-3-5-8-15)24(28)26-19-13-16(25)11-12-20(19)29-2/h3-13H,1-2H3,(H,26,28). The van der Waals surface area contributed by atoms with E-state index in [0.29, 0.717) is 33.2 Å². The molecule has 3 aromatic carbocycles. The fourth-order valence-corrected chi connectivity index (χ4v) is 3.49. The van der Waals surface area contributed by atoms with Gasteiger partial charge in [0.15, 0.2) is 11.0 Å². The van der Waals surface area contributed by atoms with Crippen molar-refractivity contribution in [3.05, 3.63) is 93.1 Å². The molecule has 0 saturated heterocycles. The van der Waals surface area contributed by atoms with E-state index in [1.165, 1.54) is 7.11 Å². The van der Waals surface area contributed by atoms with Crippen LogP contribution in [0.15, 0.2) is 75.9 Å². The third-order valence-corrected chi connectivity index (χ3v) is 5.07. The van der Waals surface area contributed by atoms with Gasteiger partial charge in [-0.2, -0.15) is 0 Å². The molecule has 6 heteroatoms. The summed E-state index contributed by atoms with van der Waals surface area (Å²) in [5.41, 5.74) is 1.97. The molecule has 1 N–H and O–H groups in total. The van der Waals surface area contributed by atoms with Gasteiger partial charge in [0.2, 0.25) is 0 Å². The van der Waals surface area contributed by atoms with Crippen molar-refractivity contribution in [3.8, 4) is 17.1 Å². The molecule has 0 bridgehead atoms. The highest BCUT2D eigenvalue weighted by molar-refractivity contribution is 6.31. The molecule has 0 unspecified atom stereocenters. The summed E-state index contributed by atoms with van der Waals surface area (Å²) in [7, 11) is 1.50. The first-order valence-corrected chi connectivity index (χ1v) is 9.64. The Bertz CT molecular complexity index is 1310. The molecule has 4 aromatic rings. The largest absolute Gasteiger partial charge is 0.495 e. The first kappa shape index (κ1) is 19.7. The molecule has 0 aliphatic heterocycles. The van der Waals surface area contributed by atoms with Crippen LogP contribution in [0.1, 0.15) is 15.9 Å². The Kier molecular flexibility index (Phi) is 5.29. The number of benzene rings is 3. The number of rotatable bonds is 4. The van der Waals surface area contributed by atoms with Gasteiger partial charge in [-0.25, -0.2) is 0 Å². The third-order valence-electron chi connectivity index (χ3n) is 4.84. The molecule has 0 fully saturated rings. The molecule has 0 spiro atoms. The van der Waals surface area contributed by atoms with E-state index in [-0.39, 0.29) is 16.6 Å². The third kappa shape index (κ3) is 3.55. The van der Waals surface area contributed by atoms with Gasteiger partial charge in [0.05, 0.1) is 23.7 Å². The second-order valence-corrected chi connectivity index (χ2v) is 7.17. The Morgan fingerprint density at radius 3 is 2.53 bits per heavy atom. The van der Waals surface area contributed by atoms with Crippen LogP contribution < -0.4 is 15.5 Å². The van der Waals surface area contributed by atoms with Crippen molar-refractivity contribution < 1.29 is 13.9 Å². The zero-order valence-electron chi connectivity index (χ0n) is 16.4. The zero-order valence-corrected chi connectivity index (χ0v) is 17.1. The van der Waals surface area contributed by atoms with Gasteiger partial charge in [0.25, 0.3) is 5.91 Å². The van der Waals surface area contributed by atoms with Crippen molar-refractivity contribution in [2.24, 2.45) is 0 Å². The van der Waals surface area contributed by atoms with Crippen LogP contribution in [-0.4, -0.2) is 13.0 Å². The minimum absolute atomic E-state index is 0.176. The number of carbonyl (C=O) groups is 1. The number of anilines is 1. The van der Waals surface area contributed by atoms with Crippen LogP contribution in [0.4, 0.5) is 5.69 Å². The highest BCUT2D eigenvalue weighted by Crippen LogP contribution is 2.30. The topological polar surface area (TPSA) is 68.5 Å². The number of hydrogen-bond donors (Lipinski definition) is 1. The lowest BCUT2D eigenvalue weighted by Crippen LogP contribution is -2.15. The molecule has 1 aromatic heterocycles. The minimum atomic E-state index is -0.438. The van der Waals surface area contributed by atoms with Gasteiger partial charge < -0.3 is 14.5 Å². The fraction of sp³-hybridized carbons (Fsp3) is 0.0833. The van der Waals surface area contributed by atoms with Gasteiger partial charge in [0, 0.05) is 16.1 Å². The number of carbonyl (C=O) groups excluding carboxylic acids is 1. The van der Waals surface area contributed by atoms with Crippen LogP contribution in [0.3, 0.4) is 0 Å². The number of amides is 1. The monoisotopic (exact) mass is 419 g/mol. The lowest BCUT2D eigenvalue weighted by molar-refractivity contribution is 0.102. The van der Waals surface area contributed by atoms with Gasteiger partial charge in [-0.15, -0.1) is 0 Å². The van der Waals surface area contributed by atoms with Gasteiger partial charge in [-0.1, -0.05) is 48.0 Å². The molecule has 0 saturated carbocycles. The van der Waals surface area contributed by atoms with Crippen molar-refractivity contribution in [1.29, 1.82) is 0 Å². The van der Waals surface area contributed by atoms with Crippen LogP contribution >= 0.6 is 11.6 Å². The second-order valence-electron chi connectivity index (χ2n) is 6.73. The van der Waals surface area contributed by atoms with Crippen molar-refractivity contribution >= 4 is 34.2 Å². The first-order chi connectivity index (χ1) is 14.5. The predicted molar refractivity (Wildman–Crippen MR) is 119 cm³/mol. The highest BCUT2D eigenvalue weighted by atomic mass is 35.5. The minimum Gasteiger partial charge on any atom is -0.495 e. The normalized spacial score (nSPS) is 10.8. The van der Waals surface area contributed by atoms with Gasteiger partial charge >= 0.3 is 0 Å². The van der Waals surface area contributed by atoms with Gasteiger partial charge in [-0.3, -0.25) is 9.59 Å². The molecule has 0 aliphatic rings. The van der Waals surface area contributed by atoms with Crippen molar-refractivity contribution in [2.45, 2.75) is 6.92 Å². The molecule has 0 atom stereocenters. The molecule has 0 aliphatic carbocycles. The smallest absolute Gasteiger partial charge is 0.259 e. The molecular formula is C24H18ClNO4. The Morgan fingerprint density at radius 1 is 1.03 bits per heavy atom. The number of fused-ring (bicyclic) bond motifs is 1. The van der Waals surface area contributed by atoms with E-state index in [4.69, 9.17) is 20.8 Å². The fourth-order valence-electron chi connectivity index (χ4n) is 3.32. The van der Waals surface area contributed by atoms with E-state index in [1.807, 2.05) is 30.3 Å². The van der Waals surface area contributed by atoms with E-state index >= 15 is 0 Å². The average Bonchev–Trinajstić information content (AvgIpc) is 2.76. The van der Waals surface area contributed by atoms with Crippen molar-refractivity contribution in [1.82, 2.24) is 0 Å². The van der Waals surface area contributed by atoms with Crippen molar-refractivity contribution in [2.75, 3.05) is 12.4 Å². The lowest BCUT2D eigenvalue weighted by Gasteiger charge is -2.13. The molecule has 4 rings (SSSR count). The van der Waals surface area contributed by atoms with E-state index in [9.17, 15) is 9.59 Å². The maximum Gasteiger partial charge on any atom is 0.259 e. The lowest BCUT2D eigenvalue weighted by atomic mass is 10.0. The summed E-state index contributed by atoms with van der Waals surface area (Å²) in [5.74, 6) is 0.469. The maximum absolute atomic E-state index is 13.1. The summed E-state index contributed by atoms with van der Waals surface area (Å²) in [5, 5.41) is 3.59. The number of ether oxygens (including phenoxy) is 1. The van der Waals surface area contributed by atoms with Crippen LogP contribution in [0.25, 0.3) is 22.3 Å². The Morgan fingerprint density at radius 2 is 1.80 bits per heavy atom. The Balaban J connectivity index is 1.86. The van der Waals surface area contributed by atoms with E-state index < -0.39 is 5.91 Å². The van der Waals surface area contributed by atoms with E-state index in [2.05, 4.69) is 5.32 Å². The van der Waals surface area contributed by atoms with Gasteiger partial charge in [0.1, 0.15) is 11.5 Å². The van der Waals surface area contributed by atoms with Crippen molar-refractivity contribution in [3.63, 3.8) is 0 Å². The first-order valence-electron chi connectivity index (χ1n) is 9.26. The maximum atomic E-state index is 13.1. The number of hydrogen-bond acceptors (Lipinski definition) is 4. The number of methoxy groups -OCH3 is 1. The van der Waals surface area contributed by atoms with Gasteiger partial charge in [-0.05, 0) is 37.3 Å². The summed E-state index contributed by atoms with van der Waals surface area (Å²) in [6.07, 6.45) is 0.